The van der Waals surface area contributed by atoms with Crippen LogP contribution in [0.4, 0.5) is 0 Å². The molecule has 11 rings (SSSR count). The van der Waals surface area contributed by atoms with Crippen LogP contribution in [0.1, 0.15) is 0 Å². The number of para-hydroxylation sites is 4. The Morgan fingerprint density at radius 3 is 1.30 bits per heavy atom. The van der Waals surface area contributed by atoms with Gasteiger partial charge in [0.2, 0.25) is 0 Å². The summed E-state index contributed by atoms with van der Waals surface area (Å²) < 4.78 is 4.90. The fourth-order valence-corrected chi connectivity index (χ4v) is 14.2. The van der Waals surface area contributed by atoms with Crippen molar-refractivity contribution in [3.63, 3.8) is 0 Å². The van der Waals surface area contributed by atoms with E-state index in [-0.39, 0.29) is 0 Å². The smallest absolute Gasteiger partial charge is 0.179 e. The Bertz CT molecular complexity index is 3080. The van der Waals surface area contributed by atoms with E-state index in [2.05, 4.69) is 240 Å². The molecule has 0 spiro atoms. The average molecular weight is 743 g/mol. The Morgan fingerprint density at radius 2 is 0.719 bits per heavy atom. The van der Waals surface area contributed by atoms with Gasteiger partial charge in [-0.1, -0.05) is 182 Å². The van der Waals surface area contributed by atoms with Crippen LogP contribution >= 0.6 is 0 Å². The molecule has 0 saturated carbocycles. The zero-order chi connectivity index (χ0) is 37.8. The number of benzene rings is 9. The van der Waals surface area contributed by atoms with Gasteiger partial charge in [-0.05, 0) is 74.8 Å². The maximum absolute atomic E-state index is 2.72. The van der Waals surface area contributed by atoms with Gasteiger partial charge in [0.1, 0.15) is 0 Å². The van der Waals surface area contributed by atoms with Gasteiger partial charge < -0.3 is 9.13 Å². The first-order chi connectivity index (χ1) is 28.3. The predicted molar refractivity (Wildman–Crippen MR) is 244 cm³/mol. The lowest BCUT2D eigenvalue weighted by Gasteiger charge is -2.34. The molecule has 57 heavy (non-hydrogen) atoms. The van der Waals surface area contributed by atoms with E-state index in [0.717, 1.165) is 5.69 Å². The number of fused-ring (bicyclic) bond motifs is 6. The third-order valence-electron chi connectivity index (χ3n) is 11.9. The first-order valence-electron chi connectivity index (χ1n) is 19.7. The summed E-state index contributed by atoms with van der Waals surface area (Å²) in [4.78, 5) is 0. The van der Waals surface area contributed by atoms with Crippen LogP contribution in [0.3, 0.4) is 0 Å². The second-order valence-electron chi connectivity index (χ2n) is 14.9. The van der Waals surface area contributed by atoms with Gasteiger partial charge >= 0.3 is 0 Å². The lowest BCUT2D eigenvalue weighted by molar-refractivity contribution is 1.18. The van der Waals surface area contributed by atoms with Crippen LogP contribution in [-0.2, 0) is 0 Å². The Balaban J connectivity index is 1.13. The highest BCUT2D eigenvalue weighted by atomic mass is 28.3. The van der Waals surface area contributed by atoms with E-state index in [4.69, 9.17) is 0 Å². The molecule has 9 aromatic carbocycles. The lowest BCUT2D eigenvalue weighted by Crippen LogP contribution is -2.74. The summed E-state index contributed by atoms with van der Waals surface area (Å²) in [5.74, 6) is 0. The molecular formula is C54H38N2Si. The SMILES string of the molecule is c1ccc([Si](c2ccccc2)(c2ccccc2)c2cccc(-n3c4ccccc4c4cc(-c5ccccc5-n5c6ccccc6c6ccccc65)ccc43)c2)cc1. The highest BCUT2D eigenvalue weighted by Gasteiger charge is 2.41. The van der Waals surface area contributed by atoms with E-state index < -0.39 is 8.07 Å². The highest BCUT2D eigenvalue weighted by Crippen LogP contribution is 2.39. The molecule has 0 unspecified atom stereocenters. The number of hydrogen-bond donors (Lipinski definition) is 0. The zero-order valence-electron chi connectivity index (χ0n) is 31.3. The van der Waals surface area contributed by atoms with Gasteiger partial charge in [0, 0.05) is 32.8 Å². The highest BCUT2D eigenvalue weighted by molar-refractivity contribution is 7.19. The summed E-state index contributed by atoms with van der Waals surface area (Å²) in [6, 6.07) is 85.2. The van der Waals surface area contributed by atoms with E-state index >= 15 is 0 Å². The number of hydrogen-bond acceptors (Lipinski definition) is 0. The van der Waals surface area contributed by atoms with Crippen LogP contribution in [0.5, 0.6) is 0 Å². The predicted octanol–water partition coefficient (Wildman–Crippen LogP) is 10.9. The molecule has 0 atom stereocenters. The van der Waals surface area contributed by atoms with Gasteiger partial charge in [-0.15, -0.1) is 0 Å². The summed E-state index contributed by atoms with van der Waals surface area (Å²) in [6.45, 7) is 0. The topological polar surface area (TPSA) is 9.86 Å². The molecule has 2 aromatic heterocycles. The summed E-state index contributed by atoms with van der Waals surface area (Å²) in [6.07, 6.45) is 0. The normalized spacial score (nSPS) is 11.9. The van der Waals surface area contributed by atoms with E-state index in [0.29, 0.717) is 0 Å². The quantitative estimate of drug-likeness (QED) is 0.114. The summed E-state index contributed by atoms with van der Waals surface area (Å²) >= 11 is 0. The fraction of sp³-hybridized carbons (Fsp3) is 0. The van der Waals surface area contributed by atoms with Crippen LogP contribution in [0, 0.1) is 0 Å². The molecular weight excluding hydrogens is 705 g/mol. The molecule has 11 aromatic rings. The van der Waals surface area contributed by atoms with E-state index in [1.807, 2.05) is 0 Å². The maximum Gasteiger partial charge on any atom is 0.179 e. The molecule has 0 radical (unpaired) electrons. The second kappa shape index (κ2) is 13.5. The van der Waals surface area contributed by atoms with Crippen LogP contribution in [0.15, 0.2) is 231 Å². The minimum absolute atomic E-state index is 1.16. The molecule has 0 saturated heterocycles. The van der Waals surface area contributed by atoms with Crippen molar-refractivity contribution < 1.29 is 0 Å². The van der Waals surface area contributed by atoms with Gasteiger partial charge in [-0.25, -0.2) is 0 Å². The molecule has 0 bridgehead atoms. The Labute approximate surface area is 333 Å². The first kappa shape index (κ1) is 33.2. The largest absolute Gasteiger partial charge is 0.309 e. The molecule has 0 aliphatic rings. The Kier molecular flexibility index (Phi) is 7.87. The molecule has 0 N–H and O–H groups in total. The average Bonchev–Trinajstić information content (AvgIpc) is 3.81. The van der Waals surface area contributed by atoms with Crippen LogP contribution in [0.25, 0.3) is 66.1 Å². The summed E-state index contributed by atoms with van der Waals surface area (Å²) in [5, 5.41) is 10.5. The van der Waals surface area contributed by atoms with E-state index in [1.165, 1.54) is 81.2 Å². The molecule has 2 nitrogen and oxygen atoms in total. The minimum atomic E-state index is -2.72. The van der Waals surface area contributed by atoms with Gasteiger partial charge in [0.05, 0.1) is 27.8 Å². The zero-order valence-corrected chi connectivity index (χ0v) is 32.3. The van der Waals surface area contributed by atoms with Crippen LogP contribution in [0.2, 0.25) is 0 Å². The summed E-state index contributed by atoms with van der Waals surface area (Å²) in [7, 11) is -2.72. The molecule has 3 heteroatoms. The van der Waals surface area contributed by atoms with E-state index in [1.54, 1.807) is 0 Å². The third-order valence-corrected chi connectivity index (χ3v) is 16.6. The monoisotopic (exact) mass is 742 g/mol. The molecule has 2 heterocycles. The van der Waals surface area contributed by atoms with Gasteiger partial charge in [0.25, 0.3) is 0 Å². The number of aromatic nitrogens is 2. The van der Waals surface area contributed by atoms with Crippen molar-refractivity contribution in [1.82, 2.24) is 9.13 Å². The van der Waals surface area contributed by atoms with Crippen molar-refractivity contribution in [3.05, 3.63) is 231 Å². The number of rotatable bonds is 7. The van der Waals surface area contributed by atoms with Crippen molar-refractivity contribution in [2.75, 3.05) is 0 Å². The van der Waals surface area contributed by atoms with Gasteiger partial charge in [-0.3, -0.25) is 0 Å². The third kappa shape index (κ3) is 5.17. The van der Waals surface area contributed by atoms with Crippen molar-refractivity contribution in [3.8, 4) is 22.5 Å². The van der Waals surface area contributed by atoms with Crippen molar-refractivity contribution in [1.29, 1.82) is 0 Å². The standard InChI is InChI=1S/C54H38N2Si/c1-4-20-41(21-5-1)57(42-22-6-2-7-23-42,43-24-8-3-9-25-43)44-26-18-19-40(38-44)55-51-32-15-13-30-48(51)49-37-39(35-36-54(49)55)45-27-10-14-31-50(45)56-52-33-16-11-28-46(52)47-29-12-17-34-53(47)56/h1-38H. The van der Waals surface area contributed by atoms with Crippen molar-refractivity contribution >= 4 is 72.4 Å². The van der Waals surface area contributed by atoms with Gasteiger partial charge in [-0.2, -0.15) is 0 Å². The lowest BCUT2D eigenvalue weighted by atomic mass is 10.0. The fourth-order valence-electron chi connectivity index (χ4n) is 9.46. The molecule has 0 aliphatic heterocycles. The summed E-state index contributed by atoms with van der Waals surface area (Å²) in [5.41, 5.74) is 9.55. The van der Waals surface area contributed by atoms with Crippen LogP contribution in [-0.4, -0.2) is 17.2 Å². The minimum Gasteiger partial charge on any atom is -0.309 e. The molecule has 268 valence electrons. The molecule has 0 aliphatic carbocycles. The van der Waals surface area contributed by atoms with Crippen molar-refractivity contribution in [2.45, 2.75) is 0 Å². The Morgan fingerprint density at radius 1 is 0.281 bits per heavy atom. The molecule has 0 fully saturated rings. The molecule has 0 amide bonds. The second-order valence-corrected chi connectivity index (χ2v) is 18.7. The first-order valence-corrected chi connectivity index (χ1v) is 21.7. The number of nitrogens with zero attached hydrogens (tertiary/aromatic N) is 2. The maximum atomic E-state index is 2.47. The van der Waals surface area contributed by atoms with Crippen LogP contribution < -0.4 is 20.7 Å². The van der Waals surface area contributed by atoms with Crippen molar-refractivity contribution in [2.24, 2.45) is 0 Å². The van der Waals surface area contributed by atoms with Gasteiger partial charge in [0.15, 0.2) is 8.07 Å². The van der Waals surface area contributed by atoms with E-state index in [9.17, 15) is 0 Å². The Hall–Kier alpha value is -7.20.